The number of carbonyl (C=O) groups is 1. The lowest BCUT2D eigenvalue weighted by atomic mass is 9.95. The van der Waals surface area contributed by atoms with Gasteiger partial charge in [0, 0.05) is 30.2 Å². The molecule has 8 nitrogen and oxygen atoms in total. The van der Waals surface area contributed by atoms with E-state index in [0.717, 1.165) is 38.8 Å². The van der Waals surface area contributed by atoms with Gasteiger partial charge in [-0.25, -0.2) is 8.78 Å². The van der Waals surface area contributed by atoms with Crippen LogP contribution in [0.4, 0.5) is 14.6 Å². The molecule has 4 aromatic rings. The molecule has 0 bridgehead atoms. The van der Waals surface area contributed by atoms with E-state index >= 15 is 4.39 Å². The molecule has 2 aromatic heterocycles. The number of benzene rings is 2. The minimum absolute atomic E-state index is 0.0227. The Kier molecular flexibility index (Phi) is 6.88. The lowest BCUT2D eigenvalue weighted by Gasteiger charge is -2.33. The summed E-state index contributed by atoms with van der Waals surface area (Å²) in [5.41, 5.74) is 0.433. The van der Waals surface area contributed by atoms with Gasteiger partial charge in [-0.05, 0) is 63.1 Å². The van der Waals surface area contributed by atoms with E-state index in [9.17, 15) is 9.18 Å². The quantitative estimate of drug-likeness (QED) is 0.279. The van der Waals surface area contributed by atoms with Crippen molar-refractivity contribution in [1.29, 1.82) is 0 Å². The van der Waals surface area contributed by atoms with Crippen LogP contribution in [0.5, 0.6) is 6.01 Å². The van der Waals surface area contributed by atoms with Gasteiger partial charge in [0.05, 0.1) is 24.0 Å². The van der Waals surface area contributed by atoms with E-state index in [1.165, 1.54) is 13.2 Å². The number of methoxy groups -OCH3 is 1. The van der Waals surface area contributed by atoms with Gasteiger partial charge in [0.25, 0.3) is 0 Å². The van der Waals surface area contributed by atoms with Crippen LogP contribution in [0.15, 0.2) is 42.6 Å². The predicted octanol–water partition coefficient (Wildman–Crippen LogP) is 5.52. The van der Waals surface area contributed by atoms with Gasteiger partial charge in [-0.3, -0.25) is 14.7 Å². The Balaban J connectivity index is 1.31. The van der Waals surface area contributed by atoms with Crippen molar-refractivity contribution in [3.63, 3.8) is 0 Å². The number of aromatic nitrogens is 3. The largest absolute Gasteiger partial charge is 0.469 e. The Morgan fingerprint density at radius 2 is 1.76 bits per heavy atom. The number of anilines is 1. The molecule has 0 aliphatic carbocycles. The number of piperidine rings is 1. The molecular formula is C32H33F2N5O3. The molecule has 218 valence electrons. The Labute approximate surface area is 242 Å². The maximum Gasteiger partial charge on any atom is 0.319 e. The molecule has 42 heavy (non-hydrogen) atoms. The van der Waals surface area contributed by atoms with Crippen molar-refractivity contribution in [2.24, 2.45) is 5.92 Å². The van der Waals surface area contributed by atoms with Gasteiger partial charge in [0.1, 0.15) is 29.5 Å². The lowest BCUT2D eigenvalue weighted by molar-refractivity contribution is -0.146. The van der Waals surface area contributed by atoms with Crippen molar-refractivity contribution in [1.82, 2.24) is 19.9 Å². The van der Waals surface area contributed by atoms with Gasteiger partial charge >= 0.3 is 12.0 Å². The van der Waals surface area contributed by atoms with E-state index in [-0.39, 0.29) is 34.6 Å². The van der Waals surface area contributed by atoms with Crippen LogP contribution in [0.1, 0.15) is 38.5 Å². The zero-order valence-corrected chi connectivity index (χ0v) is 23.6. The third-order valence-corrected chi connectivity index (χ3v) is 9.36. The highest BCUT2D eigenvalue weighted by Crippen LogP contribution is 2.40. The predicted molar refractivity (Wildman–Crippen MR) is 155 cm³/mol. The summed E-state index contributed by atoms with van der Waals surface area (Å²) in [4.78, 5) is 30.5. The zero-order chi connectivity index (χ0) is 28.8. The average molecular weight is 574 g/mol. The number of fused-ring (bicyclic) bond motifs is 3. The second-order valence-corrected chi connectivity index (χ2v) is 11.6. The molecule has 2 aromatic carbocycles. The molecular weight excluding hydrogens is 540 g/mol. The monoisotopic (exact) mass is 573 g/mol. The molecule has 0 N–H and O–H groups in total. The first kappa shape index (κ1) is 26.9. The van der Waals surface area contributed by atoms with Crippen LogP contribution >= 0.6 is 0 Å². The van der Waals surface area contributed by atoms with Gasteiger partial charge in [0.2, 0.25) is 0 Å². The third kappa shape index (κ3) is 4.52. The second kappa shape index (κ2) is 10.7. The van der Waals surface area contributed by atoms with Crippen molar-refractivity contribution in [3.05, 3.63) is 54.2 Å². The maximum atomic E-state index is 16.5. The van der Waals surface area contributed by atoms with Gasteiger partial charge < -0.3 is 14.4 Å². The van der Waals surface area contributed by atoms with Gasteiger partial charge in [-0.2, -0.15) is 9.97 Å². The molecule has 0 atom stereocenters. The summed E-state index contributed by atoms with van der Waals surface area (Å²) in [5, 5.41) is 1.41. The van der Waals surface area contributed by atoms with Crippen molar-refractivity contribution in [2.75, 3.05) is 44.8 Å². The average Bonchev–Trinajstić information content (AvgIpc) is 3.60. The van der Waals surface area contributed by atoms with Gasteiger partial charge in [-0.1, -0.05) is 30.3 Å². The van der Waals surface area contributed by atoms with Crippen LogP contribution < -0.4 is 9.64 Å². The first-order valence-electron chi connectivity index (χ1n) is 14.7. The number of ether oxygens (including phenoxy) is 2. The fraction of sp³-hybridized carbons (Fsp3) is 0.438. The van der Waals surface area contributed by atoms with Crippen LogP contribution in [0.2, 0.25) is 0 Å². The van der Waals surface area contributed by atoms with Crippen LogP contribution in [0.25, 0.3) is 32.9 Å². The van der Waals surface area contributed by atoms with Gasteiger partial charge in [0.15, 0.2) is 5.82 Å². The molecule has 5 heterocycles. The van der Waals surface area contributed by atoms with Crippen LogP contribution in [0, 0.1) is 17.6 Å². The summed E-state index contributed by atoms with van der Waals surface area (Å²) in [5.74, 6) is -0.979. The van der Waals surface area contributed by atoms with E-state index in [1.807, 2.05) is 4.90 Å². The summed E-state index contributed by atoms with van der Waals surface area (Å²) in [6.07, 6.45) is 7.13. The summed E-state index contributed by atoms with van der Waals surface area (Å²) < 4.78 is 42.7. The van der Waals surface area contributed by atoms with Crippen molar-refractivity contribution in [2.45, 2.75) is 44.1 Å². The fourth-order valence-corrected chi connectivity index (χ4v) is 7.16. The molecule has 0 amide bonds. The van der Waals surface area contributed by atoms with Crippen molar-refractivity contribution < 1.29 is 23.0 Å². The molecule has 7 rings (SSSR count). The lowest BCUT2D eigenvalue weighted by Crippen LogP contribution is -2.43. The van der Waals surface area contributed by atoms with Crippen molar-refractivity contribution >= 4 is 33.5 Å². The molecule has 3 fully saturated rings. The topological polar surface area (TPSA) is 80.7 Å². The number of nitrogens with zero attached hydrogens (tertiary/aromatic N) is 5. The molecule has 0 spiro atoms. The number of esters is 1. The summed E-state index contributed by atoms with van der Waals surface area (Å²) in [6.45, 7) is 3.65. The molecule has 0 saturated carbocycles. The maximum absolute atomic E-state index is 16.5. The summed E-state index contributed by atoms with van der Waals surface area (Å²) in [6, 6.07) is 10.1. The Morgan fingerprint density at radius 1 is 1.02 bits per heavy atom. The van der Waals surface area contributed by atoms with E-state index < -0.39 is 11.6 Å². The first-order chi connectivity index (χ1) is 20.5. The Morgan fingerprint density at radius 3 is 2.50 bits per heavy atom. The minimum atomic E-state index is -0.650. The molecule has 0 unspecified atom stereocenters. The van der Waals surface area contributed by atoms with Crippen LogP contribution in [0.3, 0.4) is 0 Å². The Bertz CT molecular complexity index is 1660. The fourth-order valence-electron chi connectivity index (χ4n) is 7.16. The molecule has 0 radical (unpaired) electrons. The van der Waals surface area contributed by atoms with E-state index in [0.29, 0.717) is 60.1 Å². The highest BCUT2D eigenvalue weighted by atomic mass is 19.1. The number of hydrogen-bond acceptors (Lipinski definition) is 8. The smallest absolute Gasteiger partial charge is 0.319 e. The van der Waals surface area contributed by atoms with E-state index in [2.05, 4.69) is 14.9 Å². The van der Waals surface area contributed by atoms with Crippen LogP contribution in [-0.4, -0.2) is 71.3 Å². The highest BCUT2D eigenvalue weighted by Gasteiger charge is 2.45. The Hall–Kier alpha value is -3.92. The number of carbonyl (C=O) groups excluding carboxylic acids is 1. The molecule has 3 aliphatic heterocycles. The van der Waals surface area contributed by atoms with Crippen LogP contribution in [-0.2, 0) is 9.53 Å². The summed E-state index contributed by atoms with van der Waals surface area (Å²) in [7, 11) is 1.40. The molecule has 3 aliphatic rings. The number of halogens is 2. The van der Waals surface area contributed by atoms with Crippen molar-refractivity contribution in [3.8, 4) is 17.3 Å². The van der Waals surface area contributed by atoms with Gasteiger partial charge in [-0.15, -0.1) is 0 Å². The molecule has 3 saturated heterocycles. The number of hydrogen-bond donors (Lipinski definition) is 0. The second-order valence-electron chi connectivity index (χ2n) is 11.6. The molecule has 10 heteroatoms. The van der Waals surface area contributed by atoms with E-state index in [4.69, 9.17) is 14.5 Å². The minimum Gasteiger partial charge on any atom is -0.469 e. The van der Waals surface area contributed by atoms with E-state index in [1.54, 1.807) is 36.5 Å². The zero-order valence-electron chi connectivity index (χ0n) is 23.6. The summed E-state index contributed by atoms with van der Waals surface area (Å²) >= 11 is 0. The number of rotatable bonds is 6. The number of pyridine rings is 1. The highest BCUT2D eigenvalue weighted by molar-refractivity contribution is 5.99. The normalized spacial score (nSPS) is 19.0. The first-order valence-corrected chi connectivity index (χ1v) is 14.7. The SMILES string of the molecule is COC(=O)C1CCN(c2nc(OCC34CCCN3CCC4)nc3c(F)c(-c4cccc5cccc(F)c45)ncc23)CC1. The standard InChI is InChI=1S/C32H33F2N5O3/c1-41-30(40)21-10-16-38(17-11-21)29-23-18-35-27(22-8-2-6-20-7-3-9-24(33)25(20)22)26(34)28(23)36-31(37-29)42-19-32-12-4-14-39(32)15-5-13-32/h2-3,6-9,18,21H,4-5,10-17,19H2,1H3. The third-order valence-electron chi connectivity index (χ3n) is 9.36.